The summed E-state index contributed by atoms with van der Waals surface area (Å²) in [5.41, 5.74) is 5.95. The van der Waals surface area contributed by atoms with Gasteiger partial charge in [-0.15, -0.1) is 0 Å². The first kappa shape index (κ1) is 7.87. The van der Waals surface area contributed by atoms with E-state index >= 15 is 0 Å². The fourth-order valence-electron chi connectivity index (χ4n) is 1.55. The van der Waals surface area contributed by atoms with Gasteiger partial charge in [-0.3, -0.25) is 0 Å². The van der Waals surface area contributed by atoms with Gasteiger partial charge in [-0.25, -0.2) is 0 Å². The molecule has 2 heteroatoms. The first-order chi connectivity index (χ1) is 5.84. The second kappa shape index (κ2) is 3.31. The molecule has 1 aromatic heterocycles. The highest BCUT2D eigenvalue weighted by atomic mass is 16.3. The quantitative estimate of drug-likeness (QED) is 0.740. The van der Waals surface area contributed by atoms with Crippen molar-refractivity contribution in [3.63, 3.8) is 0 Å². The van der Waals surface area contributed by atoms with Crippen LogP contribution in [0.3, 0.4) is 0 Å². The van der Waals surface area contributed by atoms with Gasteiger partial charge in [0, 0.05) is 12.5 Å². The van der Waals surface area contributed by atoms with Crippen LogP contribution in [-0.4, -0.2) is 6.04 Å². The molecule has 0 radical (unpaired) electrons. The first-order valence-electron chi connectivity index (χ1n) is 4.62. The predicted octanol–water partition coefficient (Wildman–Crippen LogP) is 1.95. The second-order valence-electron chi connectivity index (χ2n) is 3.72. The molecule has 1 fully saturated rings. The van der Waals surface area contributed by atoms with Crippen molar-refractivity contribution in [1.29, 1.82) is 0 Å². The molecule has 1 saturated carbocycles. The molecule has 2 rings (SSSR count). The van der Waals surface area contributed by atoms with Crippen LogP contribution >= 0.6 is 0 Å². The molecule has 1 aromatic rings. The number of furan rings is 1. The minimum Gasteiger partial charge on any atom is -0.469 e. The van der Waals surface area contributed by atoms with Crippen LogP contribution in [0.1, 0.15) is 25.0 Å². The minimum atomic E-state index is 0.295. The number of hydrogen-bond donors (Lipinski definition) is 1. The highest BCUT2D eigenvalue weighted by Crippen LogP contribution is 2.33. The van der Waals surface area contributed by atoms with Crippen LogP contribution in [0.4, 0.5) is 0 Å². The summed E-state index contributed by atoms with van der Waals surface area (Å²) in [6, 6.07) is 4.20. The number of nitrogens with two attached hydrogens (primary N) is 1. The summed E-state index contributed by atoms with van der Waals surface area (Å²) >= 11 is 0. The smallest absolute Gasteiger partial charge is 0.105 e. The Morgan fingerprint density at radius 3 is 3.00 bits per heavy atom. The van der Waals surface area contributed by atoms with Crippen molar-refractivity contribution >= 4 is 0 Å². The van der Waals surface area contributed by atoms with E-state index in [1.165, 1.54) is 19.3 Å². The van der Waals surface area contributed by atoms with Crippen molar-refractivity contribution in [2.75, 3.05) is 0 Å². The molecule has 0 amide bonds. The van der Waals surface area contributed by atoms with E-state index in [2.05, 4.69) is 0 Å². The summed E-state index contributed by atoms with van der Waals surface area (Å²) in [7, 11) is 0. The molecular formula is C10H15NO. The van der Waals surface area contributed by atoms with E-state index in [0.717, 1.165) is 18.1 Å². The van der Waals surface area contributed by atoms with Crippen LogP contribution in [0.2, 0.25) is 0 Å². The zero-order chi connectivity index (χ0) is 8.39. The molecule has 1 aliphatic carbocycles. The summed E-state index contributed by atoms with van der Waals surface area (Å²) < 4.78 is 5.23. The Hall–Kier alpha value is -0.760. The lowest BCUT2D eigenvalue weighted by atomic mass is 10.1. The lowest BCUT2D eigenvalue weighted by Gasteiger charge is -2.07. The van der Waals surface area contributed by atoms with E-state index in [4.69, 9.17) is 10.2 Å². The van der Waals surface area contributed by atoms with Gasteiger partial charge in [0.2, 0.25) is 0 Å². The van der Waals surface area contributed by atoms with Crippen molar-refractivity contribution in [1.82, 2.24) is 0 Å². The van der Waals surface area contributed by atoms with Crippen molar-refractivity contribution < 1.29 is 4.42 Å². The van der Waals surface area contributed by atoms with Gasteiger partial charge < -0.3 is 10.2 Å². The molecule has 12 heavy (non-hydrogen) atoms. The van der Waals surface area contributed by atoms with E-state index in [1.54, 1.807) is 6.26 Å². The average molecular weight is 165 g/mol. The Kier molecular flexibility index (Phi) is 2.17. The SMILES string of the molecule is NC(Cc1ccco1)CC1CC1. The van der Waals surface area contributed by atoms with Crippen molar-refractivity contribution in [3.05, 3.63) is 24.2 Å². The predicted molar refractivity (Wildman–Crippen MR) is 47.7 cm³/mol. The topological polar surface area (TPSA) is 39.2 Å². The van der Waals surface area contributed by atoms with Crippen LogP contribution in [0.5, 0.6) is 0 Å². The Morgan fingerprint density at radius 2 is 2.42 bits per heavy atom. The fraction of sp³-hybridized carbons (Fsp3) is 0.600. The van der Waals surface area contributed by atoms with E-state index < -0.39 is 0 Å². The van der Waals surface area contributed by atoms with E-state index in [0.29, 0.717) is 6.04 Å². The molecule has 2 nitrogen and oxygen atoms in total. The molecule has 0 bridgehead atoms. The fourth-order valence-corrected chi connectivity index (χ4v) is 1.55. The molecule has 2 N–H and O–H groups in total. The van der Waals surface area contributed by atoms with Gasteiger partial charge in [-0.2, -0.15) is 0 Å². The molecule has 1 aliphatic rings. The van der Waals surface area contributed by atoms with E-state index in [1.807, 2.05) is 12.1 Å². The maximum Gasteiger partial charge on any atom is 0.105 e. The lowest BCUT2D eigenvalue weighted by molar-refractivity contribution is 0.465. The zero-order valence-electron chi connectivity index (χ0n) is 7.20. The molecule has 0 aliphatic heterocycles. The molecule has 66 valence electrons. The zero-order valence-corrected chi connectivity index (χ0v) is 7.20. The van der Waals surface area contributed by atoms with Gasteiger partial charge in [0.1, 0.15) is 5.76 Å². The van der Waals surface area contributed by atoms with E-state index in [9.17, 15) is 0 Å². The number of rotatable bonds is 4. The Balaban J connectivity index is 1.77. The molecule has 0 spiro atoms. The second-order valence-corrected chi connectivity index (χ2v) is 3.72. The highest BCUT2D eigenvalue weighted by Gasteiger charge is 2.24. The molecule has 0 saturated heterocycles. The summed E-state index contributed by atoms with van der Waals surface area (Å²) in [5, 5.41) is 0. The van der Waals surface area contributed by atoms with Gasteiger partial charge in [-0.05, 0) is 24.5 Å². The first-order valence-corrected chi connectivity index (χ1v) is 4.62. The van der Waals surface area contributed by atoms with Crippen molar-refractivity contribution in [2.45, 2.75) is 31.7 Å². The lowest BCUT2D eigenvalue weighted by Crippen LogP contribution is -2.23. The normalized spacial score (nSPS) is 19.4. The molecule has 1 heterocycles. The van der Waals surface area contributed by atoms with Crippen LogP contribution in [0, 0.1) is 5.92 Å². The molecule has 0 aromatic carbocycles. The standard InChI is InChI=1S/C10H15NO/c11-9(6-8-3-4-8)7-10-2-1-5-12-10/h1-2,5,8-9H,3-4,6-7,11H2. The Morgan fingerprint density at radius 1 is 1.58 bits per heavy atom. The summed E-state index contributed by atoms with van der Waals surface area (Å²) in [6.07, 6.45) is 6.53. The highest BCUT2D eigenvalue weighted by molar-refractivity contribution is 5.00. The maximum atomic E-state index is 5.95. The third-order valence-corrected chi connectivity index (χ3v) is 2.38. The van der Waals surface area contributed by atoms with Gasteiger partial charge in [0.25, 0.3) is 0 Å². The van der Waals surface area contributed by atoms with Crippen LogP contribution in [-0.2, 0) is 6.42 Å². The van der Waals surface area contributed by atoms with Gasteiger partial charge in [-0.1, -0.05) is 12.8 Å². The minimum absolute atomic E-state index is 0.295. The molecule has 1 unspecified atom stereocenters. The number of hydrogen-bond acceptors (Lipinski definition) is 2. The van der Waals surface area contributed by atoms with Crippen LogP contribution in [0.15, 0.2) is 22.8 Å². The Bertz CT molecular complexity index is 226. The maximum absolute atomic E-state index is 5.95. The largest absolute Gasteiger partial charge is 0.469 e. The summed E-state index contributed by atoms with van der Waals surface area (Å²) in [6.45, 7) is 0. The van der Waals surface area contributed by atoms with E-state index in [-0.39, 0.29) is 0 Å². The average Bonchev–Trinajstić information content (AvgIpc) is 2.66. The third kappa shape index (κ3) is 2.11. The third-order valence-electron chi connectivity index (χ3n) is 2.38. The Labute approximate surface area is 72.7 Å². The van der Waals surface area contributed by atoms with Gasteiger partial charge in [0.05, 0.1) is 6.26 Å². The van der Waals surface area contributed by atoms with Crippen LogP contribution in [0.25, 0.3) is 0 Å². The van der Waals surface area contributed by atoms with Crippen molar-refractivity contribution in [3.8, 4) is 0 Å². The summed E-state index contributed by atoms with van der Waals surface area (Å²) in [5.74, 6) is 1.93. The van der Waals surface area contributed by atoms with Crippen molar-refractivity contribution in [2.24, 2.45) is 11.7 Å². The van der Waals surface area contributed by atoms with Crippen LogP contribution < -0.4 is 5.73 Å². The molecular weight excluding hydrogens is 150 g/mol. The molecule has 1 atom stereocenters. The summed E-state index contributed by atoms with van der Waals surface area (Å²) in [4.78, 5) is 0. The monoisotopic (exact) mass is 165 g/mol. The van der Waals surface area contributed by atoms with Gasteiger partial charge >= 0.3 is 0 Å². The van der Waals surface area contributed by atoms with Gasteiger partial charge in [0.15, 0.2) is 0 Å².